The molecule has 15 heavy (non-hydrogen) atoms. The van der Waals surface area contributed by atoms with Crippen LogP contribution in [0.3, 0.4) is 0 Å². The van der Waals surface area contributed by atoms with Gasteiger partial charge in [-0.3, -0.25) is 4.40 Å². The lowest BCUT2D eigenvalue weighted by Crippen LogP contribution is -2.12. The normalized spacial score (nSPS) is 16.9. The van der Waals surface area contributed by atoms with Crippen LogP contribution in [-0.4, -0.2) is 14.6 Å². The van der Waals surface area contributed by atoms with Crippen LogP contribution in [0, 0.1) is 0 Å². The first kappa shape index (κ1) is 8.85. The lowest BCUT2D eigenvalue weighted by molar-refractivity contribution is 0.399. The van der Waals surface area contributed by atoms with Gasteiger partial charge in [0.05, 0.1) is 0 Å². The molecule has 2 heterocycles. The first-order chi connectivity index (χ1) is 7.40. The molecule has 1 fully saturated rings. The summed E-state index contributed by atoms with van der Waals surface area (Å²) in [7, 11) is 0. The molecule has 3 rings (SSSR count). The number of fused-ring (bicyclic) bond motifs is 1. The number of hydrogen-bond acceptors (Lipinski definition) is 3. The molecule has 0 spiro atoms. The van der Waals surface area contributed by atoms with Gasteiger partial charge in [-0.05, 0) is 18.9 Å². The standard InChI is InChI=1S/C11H14N4/c12-7-9-5-2-6-15-10(8-3-1-4-8)13-14-11(9)15/h2,5-6,8H,1,3-4,7,12H2. The largest absolute Gasteiger partial charge is 0.326 e. The van der Waals surface area contributed by atoms with E-state index in [2.05, 4.69) is 14.6 Å². The Hall–Kier alpha value is -1.42. The van der Waals surface area contributed by atoms with Gasteiger partial charge in [-0.15, -0.1) is 10.2 Å². The van der Waals surface area contributed by atoms with Gasteiger partial charge in [-0.2, -0.15) is 0 Å². The predicted molar refractivity (Wildman–Crippen MR) is 57.5 cm³/mol. The van der Waals surface area contributed by atoms with Gasteiger partial charge in [0.25, 0.3) is 0 Å². The van der Waals surface area contributed by atoms with Crippen molar-refractivity contribution in [1.29, 1.82) is 0 Å². The molecule has 4 nitrogen and oxygen atoms in total. The van der Waals surface area contributed by atoms with Crippen LogP contribution in [0.5, 0.6) is 0 Å². The van der Waals surface area contributed by atoms with Gasteiger partial charge in [0, 0.05) is 24.2 Å². The summed E-state index contributed by atoms with van der Waals surface area (Å²) in [5.41, 5.74) is 7.65. The van der Waals surface area contributed by atoms with Crippen molar-refractivity contribution >= 4 is 5.65 Å². The number of nitrogens with zero attached hydrogens (tertiary/aromatic N) is 3. The summed E-state index contributed by atoms with van der Waals surface area (Å²) in [6, 6.07) is 4.02. The van der Waals surface area contributed by atoms with Crippen molar-refractivity contribution in [3.8, 4) is 0 Å². The summed E-state index contributed by atoms with van der Waals surface area (Å²) in [5.74, 6) is 1.71. The molecular weight excluding hydrogens is 188 g/mol. The minimum atomic E-state index is 0.521. The first-order valence-corrected chi connectivity index (χ1v) is 5.42. The number of nitrogens with two attached hydrogens (primary N) is 1. The maximum absolute atomic E-state index is 5.67. The van der Waals surface area contributed by atoms with Gasteiger partial charge >= 0.3 is 0 Å². The molecule has 0 radical (unpaired) electrons. The number of pyridine rings is 1. The summed E-state index contributed by atoms with van der Waals surface area (Å²) in [6.45, 7) is 0.521. The summed E-state index contributed by atoms with van der Waals surface area (Å²) in [6.07, 6.45) is 5.83. The van der Waals surface area contributed by atoms with E-state index in [-0.39, 0.29) is 0 Å². The van der Waals surface area contributed by atoms with Crippen molar-refractivity contribution in [3.63, 3.8) is 0 Å². The Bertz CT molecular complexity index is 484. The Balaban J connectivity index is 2.16. The highest BCUT2D eigenvalue weighted by Crippen LogP contribution is 2.35. The summed E-state index contributed by atoms with van der Waals surface area (Å²) in [5, 5.41) is 8.51. The predicted octanol–water partition coefficient (Wildman–Crippen LogP) is 1.46. The first-order valence-electron chi connectivity index (χ1n) is 5.42. The Morgan fingerprint density at radius 1 is 1.40 bits per heavy atom. The van der Waals surface area contributed by atoms with Gasteiger partial charge in [0.1, 0.15) is 5.82 Å². The van der Waals surface area contributed by atoms with E-state index in [1.807, 2.05) is 18.3 Å². The molecule has 0 saturated heterocycles. The van der Waals surface area contributed by atoms with Crippen LogP contribution in [0.25, 0.3) is 5.65 Å². The third-order valence-electron chi connectivity index (χ3n) is 3.23. The topological polar surface area (TPSA) is 56.2 Å². The van der Waals surface area contributed by atoms with Crippen LogP contribution in [0.2, 0.25) is 0 Å². The summed E-state index contributed by atoms with van der Waals surface area (Å²) in [4.78, 5) is 0. The van der Waals surface area contributed by atoms with Crippen molar-refractivity contribution in [3.05, 3.63) is 29.7 Å². The summed E-state index contributed by atoms with van der Waals surface area (Å²) >= 11 is 0. The van der Waals surface area contributed by atoms with Crippen molar-refractivity contribution in [2.24, 2.45) is 5.73 Å². The Morgan fingerprint density at radius 2 is 2.27 bits per heavy atom. The molecule has 4 heteroatoms. The molecule has 78 valence electrons. The van der Waals surface area contributed by atoms with Crippen LogP contribution in [-0.2, 0) is 6.54 Å². The van der Waals surface area contributed by atoms with Gasteiger partial charge < -0.3 is 5.73 Å². The lowest BCUT2D eigenvalue weighted by atomic mass is 9.85. The van der Waals surface area contributed by atoms with E-state index in [9.17, 15) is 0 Å². The molecule has 1 saturated carbocycles. The zero-order valence-corrected chi connectivity index (χ0v) is 8.56. The maximum atomic E-state index is 5.67. The van der Waals surface area contributed by atoms with Crippen molar-refractivity contribution in [1.82, 2.24) is 14.6 Å². The van der Waals surface area contributed by atoms with E-state index in [1.54, 1.807) is 0 Å². The van der Waals surface area contributed by atoms with Gasteiger partial charge in [-0.1, -0.05) is 12.5 Å². The number of aromatic nitrogens is 3. The van der Waals surface area contributed by atoms with E-state index >= 15 is 0 Å². The Morgan fingerprint density at radius 3 is 2.93 bits per heavy atom. The van der Waals surface area contributed by atoms with E-state index in [4.69, 9.17) is 5.73 Å². The molecule has 1 aliphatic carbocycles. The minimum absolute atomic E-state index is 0.521. The van der Waals surface area contributed by atoms with Crippen molar-refractivity contribution in [2.45, 2.75) is 31.7 Å². The number of hydrogen-bond donors (Lipinski definition) is 1. The average Bonchev–Trinajstić information content (AvgIpc) is 2.59. The van der Waals surface area contributed by atoms with Crippen LogP contribution in [0.1, 0.15) is 36.6 Å². The third-order valence-corrected chi connectivity index (χ3v) is 3.23. The number of rotatable bonds is 2. The summed E-state index contributed by atoms with van der Waals surface area (Å²) < 4.78 is 2.09. The second-order valence-corrected chi connectivity index (χ2v) is 4.12. The molecule has 0 aliphatic heterocycles. The fourth-order valence-corrected chi connectivity index (χ4v) is 2.09. The quantitative estimate of drug-likeness (QED) is 0.802. The molecule has 1 aliphatic rings. The zero-order chi connectivity index (χ0) is 10.3. The second kappa shape index (κ2) is 3.31. The molecule has 2 aromatic rings. The molecular formula is C11H14N4. The molecule has 0 amide bonds. The van der Waals surface area contributed by atoms with E-state index in [0.717, 1.165) is 17.0 Å². The fraction of sp³-hybridized carbons (Fsp3) is 0.455. The van der Waals surface area contributed by atoms with Crippen LogP contribution < -0.4 is 5.73 Å². The lowest BCUT2D eigenvalue weighted by Gasteiger charge is -2.23. The van der Waals surface area contributed by atoms with Crippen LogP contribution in [0.15, 0.2) is 18.3 Å². The maximum Gasteiger partial charge on any atom is 0.165 e. The highest BCUT2D eigenvalue weighted by molar-refractivity contribution is 5.47. The average molecular weight is 202 g/mol. The third kappa shape index (κ3) is 1.25. The molecule has 2 aromatic heterocycles. The van der Waals surface area contributed by atoms with E-state index in [0.29, 0.717) is 12.5 Å². The molecule has 0 bridgehead atoms. The zero-order valence-electron chi connectivity index (χ0n) is 8.56. The minimum Gasteiger partial charge on any atom is -0.326 e. The van der Waals surface area contributed by atoms with Crippen molar-refractivity contribution < 1.29 is 0 Å². The van der Waals surface area contributed by atoms with E-state index < -0.39 is 0 Å². The smallest absolute Gasteiger partial charge is 0.165 e. The molecule has 0 unspecified atom stereocenters. The van der Waals surface area contributed by atoms with E-state index in [1.165, 1.54) is 19.3 Å². The monoisotopic (exact) mass is 202 g/mol. The Kier molecular flexibility index (Phi) is 1.95. The molecule has 0 atom stereocenters. The van der Waals surface area contributed by atoms with Crippen LogP contribution >= 0.6 is 0 Å². The highest BCUT2D eigenvalue weighted by atomic mass is 15.2. The van der Waals surface area contributed by atoms with Gasteiger partial charge in [0.2, 0.25) is 0 Å². The van der Waals surface area contributed by atoms with Gasteiger partial charge in [0.15, 0.2) is 5.65 Å². The van der Waals surface area contributed by atoms with Crippen molar-refractivity contribution in [2.75, 3.05) is 0 Å². The van der Waals surface area contributed by atoms with Crippen LogP contribution in [0.4, 0.5) is 0 Å². The Labute approximate surface area is 88.1 Å². The molecule has 2 N–H and O–H groups in total. The fourth-order valence-electron chi connectivity index (χ4n) is 2.09. The molecule has 0 aromatic carbocycles. The second-order valence-electron chi connectivity index (χ2n) is 4.12. The SMILES string of the molecule is NCc1cccn2c(C3CCC3)nnc12. The highest BCUT2D eigenvalue weighted by Gasteiger charge is 2.24. The van der Waals surface area contributed by atoms with Gasteiger partial charge in [-0.25, -0.2) is 0 Å².